The zero-order valence-electron chi connectivity index (χ0n) is 16.4. The van der Waals surface area contributed by atoms with Gasteiger partial charge in [0.05, 0.1) is 25.0 Å². The maximum atomic E-state index is 13.0. The molecule has 0 saturated heterocycles. The van der Waals surface area contributed by atoms with E-state index in [1.165, 1.54) is 11.3 Å². The highest BCUT2D eigenvalue weighted by molar-refractivity contribution is 5.77. The number of aromatic nitrogens is 2. The molecule has 3 aromatic rings. The van der Waals surface area contributed by atoms with Crippen molar-refractivity contribution in [2.45, 2.75) is 39.3 Å². The summed E-state index contributed by atoms with van der Waals surface area (Å²) in [6, 6.07) is 11.4. The van der Waals surface area contributed by atoms with E-state index in [-0.39, 0.29) is 12.5 Å². The standard InChI is InChI=1S/C22H25N3O3/c1-16-7-3-4-11-21(16)28-15-22(26)25(13-17-8-6-12-27-17)14-19-18-9-5-10-20(18)24(2)23-19/h3-4,6-8,11-12H,5,9-10,13-15H2,1-2H3. The lowest BCUT2D eigenvalue weighted by molar-refractivity contribution is -0.135. The Morgan fingerprint density at radius 1 is 1.21 bits per heavy atom. The number of benzene rings is 1. The molecule has 0 bridgehead atoms. The smallest absolute Gasteiger partial charge is 0.261 e. The number of hydrogen-bond donors (Lipinski definition) is 0. The number of fused-ring (bicyclic) bond motifs is 1. The summed E-state index contributed by atoms with van der Waals surface area (Å²) in [5, 5.41) is 4.67. The molecule has 0 atom stereocenters. The topological polar surface area (TPSA) is 60.5 Å². The van der Waals surface area contributed by atoms with Crippen LogP contribution in [0.2, 0.25) is 0 Å². The lowest BCUT2D eigenvalue weighted by Gasteiger charge is -2.21. The summed E-state index contributed by atoms with van der Waals surface area (Å²) in [5.41, 5.74) is 4.57. The summed E-state index contributed by atoms with van der Waals surface area (Å²) in [6.45, 7) is 2.81. The lowest BCUT2D eigenvalue weighted by Crippen LogP contribution is -2.34. The molecule has 4 rings (SSSR count). The average Bonchev–Trinajstić information content (AvgIpc) is 3.41. The Morgan fingerprint density at radius 3 is 2.86 bits per heavy atom. The van der Waals surface area contributed by atoms with Crippen molar-refractivity contribution in [3.05, 3.63) is 70.9 Å². The molecule has 6 nitrogen and oxygen atoms in total. The van der Waals surface area contributed by atoms with Gasteiger partial charge in [0.15, 0.2) is 6.61 Å². The number of carbonyl (C=O) groups excluding carboxylic acids is 1. The van der Waals surface area contributed by atoms with Crippen molar-refractivity contribution in [3.63, 3.8) is 0 Å². The molecular weight excluding hydrogens is 354 g/mol. The molecule has 6 heteroatoms. The van der Waals surface area contributed by atoms with E-state index in [0.29, 0.717) is 13.1 Å². The van der Waals surface area contributed by atoms with Crippen LogP contribution >= 0.6 is 0 Å². The van der Waals surface area contributed by atoms with E-state index in [9.17, 15) is 4.79 Å². The van der Waals surface area contributed by atoms with Crippen molar-refractivity contribution in [2.75, 3.05) is 6.61 Å². The first-order valence-electron chi connectivity index (χ1n) is 9.64. The summed E-state index contributed by atoms with van der Waals surface area (Å²) >= 11 is 0. The first-order valence-corrected chi connectivity index (χ1v) is 9.64. The second kappa shape index (κ2) is 7.92. The van der Waals surface area contributed by atoms with Crippen LogP contribution in [0.5, 0.6) is 5.75 Å². The Labute approximate surface area is 164 Å². The van der Waals surface area contributed by atoms with Crippen molar-refractivity contribution in [1.82, 2.24) is 14.7 Å². The lowest BCUT2D eigenvalue weighted by atomic mass is 10.2. The third-order valence-corrected chi connectivity index (χ3v) is 5.26. The van der Waals surface area contributed by atoms with Crippen molar-refractivity contribution in [2.24, 2.45) is 7.05 Å². The molecule has 2 heterocycles. The summed E-state index contributed by atoms with van der Waals surface area (Å²) in [4.78, 5) is 14.8. The number of aryl methyl sites for hydroxylation is 2. The number of rotatable bonds is 7. The van der Waals surface area contributed by atoms with Gasteiger partial charge in [-0.2, -0.15) is 5.10 Å². The molecule has 146 valence electrons. The third-order valence-electron chi connectivity index (χ3n) is 5.26. The minimum atomic E-state index is -0.0861. The summed E-state index contributed by atoms with van der Waals surface area (Å²) < 4.78 is 13.2. The van der Waals surface area contributed by atoms with Gasteiger partial charge in [-0.1, -0.05) is 18.2 Å². The Morgan fingerprint density at radius 2 is 2.07 bits per heavy atom. The highest BCUT2D eigenvalue weighted by Gasteiger charge is 2.25. The number of ether oxygens (including phenoxy) is 1. The van der Waals surface area contributed by atoms with Crippen molar-refractivity contribution in [1.29, 1.82) is 0 Å². The van der Waals surface area contributed by atoms with E-state index < -0.39 is 0 Å². The molecular formula is C22H25N3O3. The van der Waals surface area contributed by atoms with Crippen LogP contribution < -0.4 is 4.74 Å². The highest BCUT2D eigenvalue weighted by Crippen LogP contribution is 2.26. The number of furan rings is 1. The van der Waals surface area contributed by atoms with E-state index >= 15 is 0 Å². The van der Waals surface area contributed by atoms with E-state index in [1.54, 1.807) is 11.2 Å². The van der Waals surface area contributed by atoms with Gasteiger partial charge in [-0.05, 0) is 55.5 Å². The minimum Gasteiger partial charge on any atom is -0.484 e. The average molecular weight is 379 g/mol. The number of carbonyl (C=O) groups is 1. The molecule has 1 amide bonds. The predicted molar refractivity (Wildman–Crippen MR) is 105 cm³/mol. The number of amides is 1. The highest BCUT2D eigenvalue weighted by atomic mass is 16.5. The molecule has 2 aromatic heterocycles. The van der Waals surface area contributed by atoms with E-state index in [4.69, 9.17) is 9.15 Å². The maximum Gasteiger partial charge on any atom is 0.261 e. The molecule has 0 radical (unpaired) electrons. The molecule has 1 aliphatic carbocycles. The van der Waals surface area contributed by atoms with Gasteiger partial charge in [-0.3, -0.25) is 9.48 Å². The van der Waals surface area contributed by atoms with Crippen LogP contribution in [0, 0.1) is 6.92 Å². The minimum absolute atomic E-state index is 0.0133. The normalized spacial score (nSPS) is 12.8. The largest absolute Gasteiger partial charge is 0.484 e. The van der Waals surface area contributed by atoms with Crippen molar-refractivity contribution < 1.29 is 13.9 Å². The Bertz CT molecular complexity index is 960. The molecule has 1 aliphatic rings. The van der Waals surface area contributed by atoms with Crippen LogP contribution in [0.4, 0.5) is 0 Å². The second-order valence-corrected chi connectivity index (χ2v) is 7.23. The monoisotopic (exact) mass is 379 g/mol. The first kappa shape index (κ1) is 18.3. The van der Waals surface area contributed by atoms with Crippen LogP contribution in [0.1, 0.15) is 34.7 Å². The van der Waals surface area contributed by atoms with Crippen molar-refractivity contribution >= 4 is 5.91 Å². The maximum absolute atomic E-state index is 13.0. The molecule has 0 fully saturated rings. The molecule has 0 aliphatic heterocycles. The van der Waals surface area contributed by atoms with Gasteiger partial charge in [-0.25, -0.2) is 0 Å². The fraction of sp³-hybridized carbons (Fsp3) is 0.364. The van der Waals surface area contributed by atoms with Gasteiger partial charge < -0.3 is 14.1 Å². The molecule has 0 unspecified atom stereocenters. The van der Waals surface area contributed by atoms with Gasteiger partial charge in [-0.15, -0.1) is 0 Å². The Hall–Kier alpha value is -3.02. The molecule has 1 aromatic carbocycles. The zero-order chi connectivity index (χ0) is 19.5. The first-order chi connectivity index (χ1) is 13.6. The SMILES string of the molecule is Cc1ccccc1OCC(=O)N(Cc1ccco1)Cc1nn(C)c2c1CCC2. The Kier molecular flexibility index (Phi) is 5.19. The van der Waals surface area contributed by atoms with Gasteiger partial charge in [0.2, 0.25) is 0 Å². The van der Waals surface area contributed by atoms with Gasteiger partial charge in [0, 0.05) is 12.7 Å². The molecule has 0 N–H and O–H groups in total. The second-order valence-electron chi connectivity index (χ2n) is 7.23. The van der Waals surface area contributed by atoms with Crippen LogP contribution in [0.25, 0.3) is 0 Å². The quantitative estimate of drug-likeness (QED) is 0.631. The third kappa shape index (κ3) is 3.81. The number of hydrogen-bond acceptors (Lipinski definition) is 4. The van der Waals surface area contributed by atoms with Crippen LogP contribution in [-0.2, 0) is 37.8 Å². The van der Waals surface area contributed by atoms with Crippen molar-refractivity contribution in [3.8, 4) is 5.75 Å². The molecule has 0 spiro atoms. The van der Waals surface area contributed by atoms with E-state index in [1.807, 2.05) is 55.1 Å². The van der Waals surface area contributed by atoms with E-state index in [0.717, 1.165) is 42.0 Å². The van der Waals surface area contributed by atoms with Crippen LogP contribution in [0.3, 0.4) is 0 Å². The number of para-hydroxylation sites is 1. The van der Waals surface area contributed by atoms with Gasteiger partial charge >= 0.3 is 0 Å². The predicted octanol–water partition coefficient (Wildman–Crippen LogP) is 3.42. The summed E-state index contributed by atoms with van der Waals surface area (Å²) in [5.74, 6) is 1.39. The fourth-order valence-electron chi connectivity index (χ4n) is 3.78. The van der Waals surface area contributed by atoms with Gasteiger partial charge in [0.1, 0.15) is 11.5 Å². The summed E-state index contributed by atoms with van der Waals surface area (Å²) in [6.07, 6.45) is 4.86. The zero-order valence-corrected chi connectivity index (χ0v) is 16.4. The van der Waals surface area contributed by atoms with Gasteiger partial charge in [0.25, 0.3) is 5.91 Å². The molecule has 28 heavy (non-hydrogen) atoms. The fourth-order valence-corrected chi connectivity index (χ4v) is 3.78. The Balaban J connectivity index is 1.51. The summed E-state index contributed by atoms with van der Waals surface area (Å²) in [7, 11) is 1.98. The number of nitrogens with zero attached hydrogens (tertiary/aromatic N) is 3. The van der Waals surface area contributed by atoms with Crippen LogP contribution in [0.15, 0.2) is 47.1 Å². The van der Waals surface area contributed by atoms with Crippen LogP contribution in [-0.4, -0.2) is 27.2 Å². The molecule has 0 saturated carbocycles. The van der Waals surface area contributed by atoms with E-state index in [2.05, 4.69) is 5.10 Å².